The number of carbonyl (C=O) groups excluding carboxylic acids is 1. The molecule has 2 N–H and O–H groups in total. The van der Waals surface area contributed by atoms with Gasteiger partial charge in [-0.05, 0) is 22.0 Å². The van der Waals surface area contributed by atoms with Crippen LogP contribution in [0.4, 0.5) is 0 Å². The number of carbonyl (C=O) groups is 1. The van der Waals surface area contributed by atoms with Gasteiger partial charge in [0.1, 0.15) is 5.69 Å². The van der Waals surface area contributed by atoms with Crippen molar-refractivity contribution >= 4 is 21.8 Å². The Morgan fingerprint density at radius 3 is 2.69 bits per heavy atom. The Morgan fingerprint density at radius 2 is 2.25 bits per heavy atom. The zero-order valence-electron chi connectivity index (χ0n) is 9.75. The molecule has 0 saturated heterocycles. The van der Waals surface area contributed by atoms with Gasteiger partial charge in [-0.15, -0.1) is 0 Å². The van der Waals surface area contributed by atoms with E-state index < -0.39 is 0 Å². The highest BCUT2D eigenvalue weighted by atomic mass is 79.9. The number of nitrogens with one attached hydrogen (secondary N) is 1. The molecule has 90 valence electrons. The first-order valence-corrected chi connectivity index (χ1v) is 5.86. The normalized spacial score (nSPS) is 11.6. The summed E-state index contributed by atoms with van der Waals surface area (Å²) in [7, 11) is 1.82. The fraction of sp³-hybridized carbons (Fsp3) is 0.545. The van der Waals surface area contributed by atoms with E-state index in [0.29, 0.717) is 12.2 Å². The van der Waals surface area contributed by atoms with Gasteiger partial charge in [0, 0.05) is 36.3 Å². The van der Waals surface area contributed by atoms with E-state index in [1.807, 2.05) is 27.1 Å². The number of rotatable bonds is 4. The van der Waals surface area contributed by atoms with Crippen LogP contribution in [0.5, 0.6) is 0 Å². The predicted octanol–water partition coefficient (Wildman–Crippen LogP) is 1.54. The monoisotopic (exact) mass is 288 g/mol. The Labute approximate surface area is 104 Å². The van der Waals surface area contributed by atoms with Crippen molar-refractivity contribution in [1.29, 1.82) is 0 Å². The molecule has 0 aliphatic heterocycles. The minimum absolute atomic E-state index is 0.0457. The Hall–Kier alpha value is -0.810. The van der Waals surface area contributed by atoms with Crippen molar-refractivity contribution in [2.45, 2.75) is 13.8 Å². The number of aliphatic hydroxyl groups excluding tert-OH is 1. The van der Waals surface area contributed by atoms with Crippen molar-refractivity contribution < 1.29 is 9.90 Å². The van der Waals surface area contributed by atoms with Gasteiger partial charge in [-0.3, -0.25) is 4.79 Å². The highest BCUT2D eigenvalue weighted by Crippen LogP contribution is 2.15. The lowest BCUT2D eigenvalue weighted by Gasteiger charge is -2.21. The highest BCUT2D eigenvalue weighted by molar-refractivity contribution is 9.10. The predicted molar refractivity (Wildman–Crippen MR) is 66.3 cm³/mol. The van der Waals surface area contributed by atoms with E-state index in [1.54, 1.807) is 10.6 Å². The molecule has 1 aromatic heterocycles. The fourth-order valence-electron chi connectivity index (χ4n) is 1.22. The van der Waals surface area contributed by atoms with Crippen LogP contribution in [0.2, 0.25) is 0 Å². The first kappa shape index (κ1) is 13.3. The minimum atomic E-state index is -0.294. The molecule has 0 spiro atoms. The molecule has 0 bridgehead atoms. The summed E-state index contributed by atoms with van der Waals surface area (Å²) in [5.74, 6) is -0.130. The quantitative estimate of drug-likeness (QED) is 0.883. The summed E-state index contributed by atoms with van der Waals surface area (Å²) in [6, 6.07) is 1.77. The van der Waals surface area contributed by atoms with Gasteiger partial charge in [0.25, 0.3) is 5.91 Å². The summed E-state index contributed by atoms with van der Waals surface area (Å²) in [4.78, 5) is 11.8. The van der Waals surface area contributed by atoms with Gasteiger partial charge >= 0.3 is 0 Å². The van der Waals surface area contributed by atoms with Crippen molar-refractivity contribution in [3.8, 4) is 0 Å². The van der Waals surface area contributed by atoms with Crippen LogP contribution in [0.25, 0.3) is 0 Å². The van der Waals surface area contributed by atoms with Gasteiger partial charge in [-0.25, -0.2) is 0 Å². The first-order chi connectivity index (χ1) is 7.35. The largest absolute Gasteiger partial charge is 0.396 e. The van der Waals surface area contributed by atoms with E-state index >= 15 is 0 Å². The smallest absolute Gasteiger partial charge is 0.267 e. The van der Waals surface area contributed by atoms with E-state index in [2.05, 4.69) is 21.2 Å². The number of amides is 1. The second kappa shape index (κ2) is 5.01. The molecular formula is C11H17BrN2O2. The Kier molecular flexibility index (Phi) is 4.15. The maximum absolute atomic E-state index is 11.8. The SMILES string of the molecule is Cn1cc(Br)cc1C(=O)NCC(C)(C)CO. The van der Waals surface area contributed by atoms with Gasteiger partial charge in [-0.1, -0.05) is 13.8 Å². The average molecular weight is 289 g/mol. The van der Waals surface area contributed by atoms with Crippen LogP contribution in [0.15, 0.2) is 16.7 Å². The van der Waals surface area contributed by atoms with E-state index in [9.17, 15) is 4.79 Å². The number of aliphatic hydroxyl groups is 1. The fourth-order valence-corrected chi connectivity index (χ4v) is 1.74. The molecule has 0 unspecified atom stereocenters. The summed E-state index contributed by atoms with van der Waals surface area (Å²) < 4.78 is 2.63. The van der Waals surface area contributed by atoms with E-state index in [-0.39, 0.29) is 17.9 Å². The van der Waals surface area contributed by atoms with E-state index in [4.69, 9.17) is 5.11 Å². The molecule has 4 nitrogen and oxygen atoms in total. The van der Waals surface area contributed by atoms with Gasteiger partial charge in [0.2, 0.25) is 0 Å². The van der Waals surface area contributed by atoms with Crippen molar-refractivity contribution in [3.05, 3.63) is 22.4 Å². The Balaban J connectivity index is 2.63. The number of hydrogen-bond donors (Lipinski definition) is 2. The van der Waals surface area contributed by atoms with Crippen LogP contribution >= 0.6 is 15.9 Å². The molecular weight excluding hydrogens is 272 g/mol. The molecule has 5 heteroatoms. The molecule has 0 atom stereocenters. The molecule has 0 saturated carbocycles. The van der Waals surface area contributed by atoms with Crippen molar-refractivity contribution in [3.63, 3.8) is 0 Å². The maximum atomic E-state index is 11.8. The van der Waals surface area contributed by atoms with Crippen LogP contribution in [0, 0.1) is 5.41 Å². The molecule has 1 amide bonds. The van der Waals surface area contributed by atoms with Gasteiger partial charge in [0.15, 0.2) is 0 Å². The number of hydrogen-bond acceptors (Lipinski definition) is 2. The van der Waals surface area contributed by atoms with Crippen LogP contribution < -0.4 is 5.32 Å². The molecule has 0 aromatic carbocycles. The van der Waals surface area contributed by atoms with Crippen LogP contribution in [0.3, 0.4) is 0 Å². The van der Waals surface area contributed by atoms with Gasteiger partial charge in [0.05, 0.1) is 0 Å². The summed E-state index contributed by atoms with van der Waals surface area (Å²) >= 11 is 3.31. The van der Waals surface area contributed by atoms with Crippen LogP contribution in [0.1, 0.15) is 24.3 Å². The number of aryl methyl sites for hydroxylation is 1. The van der Waals surface area contributed by atoms with Crippen molar-refractivity contribution in [2.75, 3.05) is 13.2 Å². The van der Waals surface area contributed by atoms with Crippen LogP contribution in [-0.4, -0.2) is 28.7 Å². The third-order valence-electron chi connectivity index (χ3n) is 2.36. The lowest BCUT2D eigenvalue weighted by Crippen LogP contribution is -2.36. The van der Waals surface area contributed by atoms with E-state index in [1.165, 1.54) is 0 Å². The molecule has 16 heavy (non-hydrogen) atoms. The standard InChI is InChI=1S/C11H17BrN2O2/c1-11(2,7-15)6-13-10(16)9-4-8(12)5-14(9)3/h4-5,15H,6-7H2,1-3H3,(H,13,16). The number of aromatic nitrogens is 1. The Morgan fingerprint density at radius 1 is 1.62 bits per heavy atom. The van der Waals surface area contributed by atoms with Crippen LogP contribution in [-0.2, 0) is 7.05 Å². The van der Waals surface area contributed by atoms with Gasteiger partial charge in [-0.2, -0.15) is 0 Å². The van der Waals surface area contributed by atoms with Crippen molar-refractivity contribution in [1.82, 2.24) is 9.88 Å². The van der Waals surface area contributed by atoms with Gasteiger partial charge < -0.3 is 15.0 Å². The summed E-state index contributed by atoms with van der Waals surface area (Å²) in [6.45, 7) is 4.29. The maximum Gasteiger partial charge on any atom is 0.267 e. The van der Waals surface area contributed by atoms with E-state index in [0.717, 1.165) is 4.47 Å². The summed E-state index contributed by atoms with van der Waals surface area (Å²) in [6.07, 6.45) is 1.83. The lowest BCUT2D eigenvalue weighted by atomic mass is 9.95. The molecule has 1 rings (SSSR count). The average Bonchev–Trinajstić information content (AvgIpc) is 2.54. The molecule has 0 aliphatic carbocycles. The number of halogens is 1. The molecule has 0 radical (unpaired) electrons. The zero-order chi connectivity index (χ0) is 12.3. The number of nitrogens with zero attached hydrogens (tertiary/aromatic N) is 1. The topological polar surface area (TPSA) is 54.3 Å². The third-order valence-corrected chi connectivity index (χ3v) is 2.79. The third kappa shape index (κ3) is 3.35. The summed E-state index contributed by atoms with van der Waals surface area (Å²) in [5.41, 5.74) is 0.304. The second-order valence-electron chi connectivity index (χ2n) is 4.66. The molecule has 1 aromatic rings. The highest BCUT2D eigenvalue weighted by Gasteiger charge is 2.19. The second-order valence-corrected chi connectivity index (χ2v) is 5.58. The Bertz CT molecular complexity index is 385. The minimum Gasteiger partial charge on any atom is -0.396 e. The first-order valence-electron chi connectivity index (χ1n) is 5.07. The lowest BCUT2D eigenvalue weighted by molar-refractivity contribution is 0.0903. The van der Waals surface area contributed by atoms with Crippen molar-refractivity contribution in [2.24, 2.45) is 12.5 Å². The molecule has 1 heterocycles. The zero-order valence-corrected chi connectivity index (χ0v) is 11.3. The molecule has 0 aliphatic rings. The molecule has 0 fully saturated rings. The summed E-state index contributed by atoms with van der Waals surface area (Å²) in [5, 5.41) is 11.9.